The molecule has 0 N–H and O–H groups in total. The van der Waals surface area contributed by atoms with Gasteiger partial charge in [-0.3, -0.25) is 0 Å². The van der Waals surface area contributed by atoms with Crippen LogP contribution in [0, 0.1) is 13.8 Å². The van der Waals surface area contributed by atoms with Crippen LogP contribution in [0.2, 0.25) is 0 Å². The zero-order chi connectivity index (χ0) is 31.1. The van der Waals surface area contributed by atoms with Crippen LogP contribution in [-0.2, 0) is 7.05 Å². The lowest BCUT2D eigenvalue weighted by Gasteiger charge is -2.19. The Bertz CT molecular complexity index is 2280. The van der Waals surface area contributed by atoms with Crippen molar-refractivity contribution in [1.29, 1.82) is 0 Å². The van der Waals surface area contributed by atoms with Crippen LogP contribution >= 0.6 is 0 Å². The van der Waals surface area contributed by atoms with E-state index in [0.29, 0.717) is 5.92 Å². The molecule has 0 spiro atoms. The van der Waals surface area contributed by atoms with Gasteiger partial charge in [0.1, 0.15) is 0 Å². The van der Waals surface area contributed by atoms with Crippen LogP contribution in [0.3, 0.4) is 0 Å². The number of nitrogens with zero attached hydrogens (tertiary/aromatic N) is 2. The molecule has 8 aromatic rings. The zero-order valence-electron chi connectivity index (χ0n) is 26.9. The van der Waals surface area contributed by atoms with Gasteiger partial charge in [-0.1, -0.05) is 123 Å². The molecule has 0 saturated carbocycles. The normalized spacial score (nSPS) is 12.1. The number of para-hydroxylation sites is 2. The lowest BCUT2D eigenvalue weighted by Crippen LogP contribution is -2.00. The van der Waals surface area contributed by atoms with Gasteiger partial charge in [0, 0.05) is 45.4 Å². The number of hydrogen-bond acceptors (Lipinski definition) is 0. The molecule has 0 bridgehead atoms. The van der Waals surface area contributed by atoms with E-state index in [1.807, 2.05) is 18.2 Å². The fraction of sp³-hybridized carbons (Fsp3) is 0.163. The predicted octanol–water partition coefficient (Wildman–Crippen LogP) is 11.9. The Balaban J connectivity index is 0.000000412. The van der Waals surface area contributed by atoms with Crippen LogP contribution in [0.15, 0.2) is 133 Å². The SMILES string of the molecule is CCC(C)c1ccc2c3c4c5ccccc5n(-c5ccccc5)c4ccc3n(C)c2c1-c1ccccc1C.Cc1ccccc1. The maximum absolute atomic E-state index is 2.44. The molecule has 0 amide bonds. The third-order valence-corrected chi connectivity index (χ3v) is 9.51. The molecule has 2 aromatic heterocycles. The van der Waals surface area contributed by atoms with E-state index in [1.165, 1.54) is 77.1 Å². The van der Waals surface area contributed by atoms with Crippen LogP contribution in [0.25, 0.3) is 60.4 Å². The molecular weight excluding hydrogens is 544 g/mol. The molecule has 0 fully saturated rings. The minimum atomic E-state index is 0.479. The van der Waals surface area contributed by atoms with Crippen molar-refractivity contribution in [3.8, 4) is 16.8 Å². The van der Waals surface area contributed by atoms with Crippen LogP contribution in [0.1, 0.15) is 42.9 Å². The minimum Gasteiger partial charge on any atom is -0.343 e. The molecule has 222 valence electrons. The van der Waals surface area contributed by atoms with Crippen LogP contribution < -0.4 is 0 Å². The van der Waals surface area contributed by atoms with E-state index in [-0.39, 0.29) is 0 Å². The van der Waals surface area contributed by atoms with Gasteiger partial charge < -0.3 is 9.13 Å². The highest BCUT2D eigenvalue weighted by Crippen LogP contribution is 2.45. The van der Waals surface area contributed by atoms with Crippen molar-refractivity contribution < 1.29 is 0 Å². The second-order valence-corrected chi connectivity index (χ2v) is 12.3. The van der Waals surface area contributed by atoms with Crippen LogP contribution in [0.4, 0.5) is 0 Å². The highest BCUT2D eigenvalue weighted by Gasteiger charge is 2.23. The Kier molecular flexibility index (Phi) is 7.51. The van der Waals surface area contributed by atoms with E-state index in [0.717, 1.165) is 6.42 Å². The van der Waals surface area contributed by atoms with Gasteiger partial charge >= 0.3 is 0 Å². The lowest BCUT2D eigenvalue weighted by molar-refractivity contribution is 0.735. The molecule has 0 radical (unpaired) electrons. The molecule has 8 rings (SSSR count). The summed E-state index contributed by atoms with van der Waals surface area (Å²) in [5, 5.41) is 5.30. The molecular formula is C43H40N2. The summed E-state index contributed by atoms with van der Waals surface area (Å²) in [5.41, 5.74) is 13.1. The monoisotopic (exact) mass is 584 g/mol. The lowest BCUT2D eigenvalue weighted by atomic mass is 9.86. The van der Waals surface area contributed by atoms with Gasteiger partial charge in [0.2, 0.25) is 0 Å². The topological polar surface area (TPSA) is 9.86 Å². The summed E-state index contributed by atoms with van der Waals surface area (Å²) in [4.78, 5) is 0. The maximum Gasteiger partial charge on any atom is 0.0571 e. The van der Waals surface area contributed by atoms with Gasteiger partial charge in [0.15, 0.2) is 0 Å². The highest BCUT2D eigenvalue weighted by atomic mass is 15.0. The van der Waals surface area contributed by atoms with Gasteiger partial charge in [0.25, 0.3) is 0 Å². The molecule has 6 aromatic carbocycles. The minimum absolute atomic E-state index is 0.479. The molecule has 0 saturated heterocycles. The maximum atomic E-state index is 2.44. The fourth-order valence-electron chi connectivity index (χ4n) is 7.04. The Morgan fingerprint density at radius 1 is 0.578 bits per heavy atom. The van der Waals surface area contributed by atoms with Crippen molar-refractivity contribution in [3.05, 3.63) is 150 Å². The second-order valence-electron chi connectivity index (χ2n) is 12.3. The number of aryl methyl sites for hydroxylation is 3. The third kappa shape index (κ3) is 4.82. The number of aromatic nitrogens is 2. The largest absolute Gasteiger partial charge is 0.343 e. The summed E-state index contributed by atoms with van der Waals surface area (Å²) in [6.45, 7) is 8.97. The molecule has 0 aliphatic carbocycles. The van der Waals surface area contributed by atoms with Gasteiger partial charge in [-0.15, -0.1) is 0 Å². The fourth-order valence-corrected chi connectivity index (χ4v) is 7.04. The summed E-state index contributed by atoms with van der Waals surface area (Å²) in [7, 11) is 2.25. The van der Waals surface area contributed by atoms with E-state index in [4.69, 9.17) is 0 Å². The standard InChI is InChI=1S/C36H32N2.C7H8/c1-5-23(2)27-19-20-29-35-31(37(4)36(29)33(27)26-16-10-9-13-24(26)3)21-22-32-34(35)28-17-11-12-18-30(28)38(32)25-14-7-6-8-15-25;1-7-5-3-2-4-6-7/h6-23H,5H2,1-4H3;2-6H,1H3. The van der Waals surface area contributed by atoms with Crippen LogP contribution in [0.5, 0.6) is 0 Å². The molecule has 45 heavy (non-hydrogen) atoms. The van der Waals surface area contributed by atoms with Crippen molar-refractivity contribution in [2.24, 2.45) is 7.05 Å². The van der Waals surface area contributed by atoms with Gasteiger partial charge in [-0.25, -0.2) is 0 Å². The van der Waals surface area contributed by atoms with Crippen molar-refractivity contribution in [2.45, 2.75) is 40.0 Å². The molecule has 2 heterocycles. The summed E-state index contributed by atoms with van der Waals surface area (Å²) in [6, 6.07) is 48.1. The van der Waals surface area contributed by atoms with Crippen molar-refractivity contribution >= 4 is 43.6 Å². The molecule has 1 unspecified atom stereocenters. The first kappa shape index (κ1) is 28.7. The van der Waals surface area contributed by atoms with E-state index in [9.17, 15) is 0 Å². The average Bonchev–Trinajstić information content (AvgIpc) is 3.57. The van der Waals surface area contributed by atoms with Gasteiger partial charge in [0.05, 0.1) is 16.6 Å². The summed E-state index contributed by atoms with van der Waals surface area (Å²) >= 11 is 0. The summed E-state index contributed by atoms with van der Waals surface area (Å²) < 4.78 is 4.85. The van der Waals surface area contributed by atoms with Gasteiger partial charge in [-0.05, 0) is 73.2 Å². The summed E-state index contributed by atoms with van der Waals surface area (Å²) in [6.07, 6.45) is 1.11. The van der Waals surface area contributed by atoms with Crippen molar-refractivity contribution in [2.75, 3.05) is 0 Å². The Labute approximate surface area is 266 Å². The zero-order valence-corrected chi connectivity index (χ0v) is 26.9. The Morgan fingerprint density at radius 3 is 1.89 bits per heavy atom. The van der Waals surface area contributed by atoms with E-state index >= 15 is 0 Å². The number of hydrogen-bond donors (Lipinski definition) is 0. The smallest absolute Gasteiger partial charge is 0.0571 e. The number of benzene rings is 6. The Hall–Kier alpha value is -5.08. The molecule has 2 heteroatoms. The van der Waals surface area contributed by atoms with Crippen molar-refractivity contribution in [3.63, 3.8) is 0 Å². The first-order valence-electron chi connectivity index (χ1n) is 16.1. The molecule has 0 aliphatic rings. The first-order valence-corrected chi connectivity index (χ1v) is 16.1. The first-order chi connectivity index (χ1) is 22.0. The molecule has 0 aliphatic heterocycles. The van der Waals surface area contributed by atoms with E-state index < -0.39 is 0 Å². The van der Waals surface area contributed by atoms with Gasteiger partial charge in [-0.2, -0.15) is 0 Å². The van der Waals surface area contributed by atoms with Crippen LogP contribution in [-0.4, -0.2) is 9.13 Å². The summed E-state index contributed by atoms with van der Waals surface area (Å²) in [5.74, 6) is 0.479. The second kappa shape index (κ2) is 11.8. The third-order valence-electron chi connectivity index (χ3n) is 9.51. The van der Waals surface area contributed by atoms with E-state index in [2.05, 4.69) is 159 Å². The number of rotatable bonds is 4. The highest BCUT2D eigenvalue weighted by molar-refractivity contribution is 6.29. The quantitative estimate of drug-likeness (QED) is 0.195. The average molecular weight is 585 g/mol. The van der Waals surface area contributed by atoms with Crippen molar-refractivity contribution in [1.82, 2.24) is 9.13 Å². The predicted molar refractivity (Wildman–Crippen MR) is 195 cm³/mol. The van der Waals surface area contributed by atoms with E-state index in [1.54, 1.807) is 0 Å². The Morgan fingerprint density at radius 2 is 1.20 bits per heavy atom. The number of fused-ring (bicyclic) bond motifs is 7. The molecule has 1 atom stereocenters. The molecule has 2 nitrogen and oxygen atoms in total.